The Bertz CT molecular complexity index is 2030. The highest BCUT2D eigenvalue weighted by Gasteiger charge is 2.53. The van der Waals surface area contributed by atoms with Crippen molar-refractivity contribution in [2.75, 3.05) is 0 Å². The number of rotatable bonds is 0. The Kier molecular flexibility index (Phi) is 4.16. The Hall–Kier alpha value is -4.68. The van der Waals surface area contributed by atoms with E-state index in [1.807, 2.05) is 0 Å². The second kappa shape index (κ2) is 7.74. The van der Waals surface area contributed by atoms with Gasteiger partial charge in [-0.15, -0.1) is 0 Å². The van der Waals surface area contributed by atoms with Gasteiger partial charge in [0.25, 0.3) is 0 Å². The van der Waals surface area contributed by atoms with Crippen molar-refractivity contribution in [3.8, 4) is 22.3 Å². The van der Waals surface area contributed by atoms with Gasteiger partial charge < -0.3 is 0 Å². The summed E-state index contributed by atoms with van der Waals surface area (Å²) in [5, 5.41) is 2.67. The second-order valence-electron chi connectivity index (χ2n) is 12.3. The molecule has 192 valence electrons. The second-order valence-corrected chi connectivity index (χ2v) is 12.3. The van der Waals surface area contributed by atoms with Crippen molar-refractivity contribution in [3.05, 3.63) is 179 Å². The van der Waals surface area contributed by atoms with E-state index in [-0.39, 0.29) is 5.41 Å². The zero-order chi connectivity index (χ0) is 26.7. The van der Waals surface area contributed by atoms with E-state index in [4.69, 9.17) is 0 Å². The minimum Gasteiger partial charge on any atom is -0.0799 e. The molecule has 5 aliphatic rings. The monoisotopic (exact) mass is 520 g/mol. The first-order valence-electron chi connectivity index (χ1n) is 15.0. The number of fused-ring (bicyclic) bond motifs is 18. The molecular formula is C41H28. The molecule has 0 fully saturated rings. The smallest absolute Gasteiger partial charge is 0.0725 e. The van der Waals surface area contributed by atoms with Crippen LogP contribution in [0.2, 0.25) is 0 Å². The molecule has 5 aromatic carbocycles. The topological polar surface area (TPSA) is 0 Å². The van der Waals surface area contributed by atoms with Gasteiger partial charge >= 0.3 is 0 Å². The average Bonchev–Trinajstić information content (AvgIpc) is 3.51. The van der Waals surface area contributed by atoms with Gasteiger partial charge in [-0.2, -0.15) is 0 Å². The molecule has 0 nitrogen and oxygen atoms in total. The van der Waals surface area contributed by atoms with Gasteiger partial charge in [0.2, 0.25) is 0 Å². The quantitative estimate of drug-likeness (QED) is 0.187. The third kappa shape index (κ3) is 2.58. The first kappa shape index (κ1) is 22.1. The van der Waals surface area contributed by atoms with Crippen LogP contribution >= 0.6 is 0 Å². The highest BCUT2D eigenvalue weighted by atomic mass is 14.5. The summed E-state index contributed by atoms with van der Waals surface area (Å²) in [7, 11) is 0. The Morgan fingerprint density at radius 2 is 1.02 bits per heavy atom. The average molecular weight is 521 g/mol. The zero-order valence-electron chi connectivity index (χ0n) is 22.7. The summed E-state index contributed by atoms with van der Waals surface area (Å²) in [6.07, 6.45) is 18.9. The lowest BCUT2D eigenvalue weighted by molar-refractivity contribution is 0.370. The lowest BCUT2D eigenvalue weighted by Gasteiger charge is -2.43. The summed E-state index contributed by atoms with van der Waals surface area (Å²) in [5.41, 5.74) is 14.0. The van der Waals surface area contributed by atoms with Crippen LogP contribution in [0, 0.1) is 11.8 Å². The molecule has 0 saturated heterocycles. The fraction of sp³-hybridized carbons (Fsp3) is 0.122. The van der Waals surface area contributed by atoms with E-state index < -0.39 is 0 Å². The molecule has 0 N–H and O–H groups in total. The van der Waals surface area contributed by atoms with Crippen LogP contribution in [0.1, 0.15) is 45.2 Å². The molecule has 4 atom stereocenters. The van der Waals surface area contributed by atoms with E-state index in [9.17, 15) is 0 Å². The van der Waals surface area contributed by atoms with Gasteiger partial charge in [0, 0.05) is 11.8 Å². The predicted octanol–water partition coefficient (Wildman–Crippen LogP) is 9.85. The van der Waals surface area contributed by atoms with Crippen molar-refractivity contribution < 1.29 is 0 Å². The molecule has 0 aliphatic heterocycles. The Morgan fingerprint density at radius 3 is 1.73 bits per heavy atom. The lowest BCUT2D eigenvalue weighted by Crippen LogP contribution is -2.32. The maximum Gasteiger partial charge on any atom is 0.0725 e. The van der Waals surface area contributed by atoms with Crippen LogP contribution < -0.4 is 0 Å². The molecule has 41 heavy (non-hydrogen) atoms. The molecule has 0 heterocycles. The molecule has 0 amide bonds. The number of allylic oxidation sites excluding steroid dienone is 8. The highest BCUT2D eigenvalue weighted by molar-refractivity contribution is 6.06. The molecule has 5 aliphatic carbocycles. The third-order valence-corrected chi connectivity index (χ3v) is 10.7. The van der Waals surface area contributed by atoms with Crippen molar-refractivity contribution >= 4 is 10.8 Å². The van der Waals surface area contributed by atoms with Crippen LogP contribution in [0.5, 0.6) is 0 Å². The Labute approximate surface area is 240 Å². The summed E-state index contributed by atoms with van der Waals surface area (Å²) in [4.78, 5) is 0. The Morgan fingerprint density at radius 1 is 0.439 bits per heavy atom. The van der Waals surface area contributed by atoms with Gasteiger partial charge in [0.1, 0.15) is 0 Å². The normalized spacial score (nSPS) is 24.4. The lowest BCUT2D eigenvalue weighted by atomic mass is 9.60. The minimum atomic E-state index is -0.320. The van der Waals surface area contributed by atoms with Crippen LogP contribution in [-0.2, 0) is 5.41 Å². The van der Waals surface area contributed by atoms with Crippen molar-refractivity contribution in [1.29, 1.82) is 0 Å². The van der Waals surface area contributed by atoms with E-state index >= 15 is 0 Å². The van der Waals surface area contributed by atoms with Crippen LogP contribution in [0.3, 0.4) is 0 Å². The maximum absolute atomic E-state index is 2.64. The summed E-state index contributed by atoms with van der Waals surface area (Å²) in [6, 6.07) is 37.3. The van der Waals surface area contributed by atoms with E-state index in [0.717, 1.165) is 0 Å². The van der Waals surface area contributed by atoms with Gasteiger partial charge in [-0.1, -0.05) is 140 Å². The zero-order valence-corrected chi connectivity index (χ0v) is 22.7. The standard InChI is InChI=1S/C41H28/c1-2-12-26-25(11-1)21-22-38-40(26)35-23-33-29-15-5-3-13-27(29)28-14-4-6-16-30(28)34(33)24-39(35)41(38)36-19-9-7-17-31(36)32-18-8-10-20-37(32)41/h1-24,27-30H. The van der Waals surface area contributed by atoms with Crippen molar-refractivity contribution in [2.45, 2.75) is 17.3 Å². The van der Waals surface area contributed by atoms with E-state index in [1.54, 1.807) is 0 Å². The van der Waals surface area contributed by atoms with E-state index in [0.29, 0.717) is 23.7 Å². The van der Waals surface area contributed by atoms with Gasteiger partial charge in [-0.25, -0.2) is 0 Å². The number of hydrogen-bond donors (Lipinski definition) is 0. The molecule has 1 spiro atoms. The van der Waals surface area contributed by atoms with Crippen LogP contribution in [0.4, 0.5) is 0 Å². The summed E-state index contributed by atoms with van der Waals surface area (Å²) >= 11 is 0. The molecular weight excluding hydrogens is 492 g/mol. The predicted molar refractivity (Wildman–Crippen MR) is 169 cm³/mol. The SMILES string of the molecule is C1=CC2c3cc4c(cc3C3C=CC=CC3C2C=C1)C1(c2ccccc2-c2ccccc21)c1ccc2ccccc2c1-4. The fourth-order valence-electron chi connectivity index (χ4n) is 9.17. The largest absolute Gasteiger partial charge is 0.0799 e. The van der Waals surface area contributed by atoms with Gasteiger partial charge in [0.15, 0.2) is 0 Å². The number of benzene rings is 5. The van der Waals surface area contributed by atoms with Crippen LogP contribution in [0.15, 0.2) is 146 Å². The molecule has 0 aromatic heterocycles. The van der Waals surface area contributed by atoms with Gasteiger partial charge in [-0.3, -0.25) is 0 Å². The van der Waals surface area contributed by atoms with Crippen LogP contribution in [0.25, 0.3) is 33.0 Å². The first-order valence-corrected chi connectivity index (χ1v) is 15.0. The van der Waals surface area contributed by atoms with Crippen molar-refractivity contribution in [2.24, 2.45) is 11.8 Å². The summed E-state index contributed by atoms with van der Waals surface area (Å²) in [6.45, 7) is 0. The fourth-order valence-corrected chi connectivity index (χ4v) is 9.17. The van der Waals surface area contributed by atoms with Gasteiger partial charge in [0.05, 0.1) is 5.41 Å². The van der Waals surface area contributed by atoms with E-state index in [1.165, 1.54) is 66.4 Å². The molecule has 5 aromatic rings. The molecule has 0 bridgehead atoms. The summed E-state index contributed by atoms with van der Waals surface area (Å²) < 4.78 is 0. The van der Waals surface area contributed by atoms with Gasteiger partial charge in [-0.05, 0) is 84.3 Å². The highest BCUT2D eigenvalue weighted by Crippen LogP contribution is 2.65. The van der Waals surface area contributed by atoms with Crippen molar-refractivity contribution in [3.63, 3.8) is 0 Å². The summed E-state index contributed by atoms with van der Waals surface area (Å²) in [5.74, 6) is 1.77. The third-order valence-electron chi connectivity index (χ3n) is 10.7. The maximum atomic E-state index is 2.64. The molecule has 0 radical (unpaired) electrons. The van der Waals surface area contributed by atoms with Crippen molar-refractivity contribution in [1.82, 2.24) is 0 Å². The molecule has 4 unspecified atom stereocenters. The Balaban J connectivity index is 1.38. The van der Waals surface area contributed by atoms with Crippen LogP contribution in [-0.4, -0.2) is 0 Å². The first-order chi connectivity index (χ1) is 20.4. The molecule has 0 saturated carbocycles. The minimum absolute atomic E-state index is 0.320. The number of hydrogen-bond acceptors (Lipinski definition) is 0. The molecule has 10 rings (SSSR count). The molecule has 0 heteroatoms. The van der Waals surface area contributed by atoms with E-state index in [2.05, 4.69) is 146 Å².